The van der Waals surface area contributed by atoms with Crippen molar-refractivity contribution in [3.8, 4) is 11.4 Å². The minimum Gasteiger partial charge on any atom is -0.341 e. The Kier molecular flexibility index (Phi) is 3.88. The molecule has 0 aliphatic rings. The minimum atomic E-state index is -0.503. The molecule has 2 heterocycles. The molecule has 1 atom stereocenters. The van der Waals surface area contributed by atoms with Crippen molar-refractivity contribution in [3.63, 3.8) is 0 Å². The van der Waals surface area contributed by atoms with Crippen LogP contribution in [0.2, 0.25) is 0 Å². The normalized spacial score (nSPS) is 12.2. The van der Waals surface area contributed by atoms with Gasteiger partial charge in [-0.15, -0.1) is 0 Å². The monoisotopic (exact) mass is 352 g/mol. The molecule has 4 aromatic rings. The van der Waals surface area contributed by atoms with E-state index in [4.69, 9.17) is 4.52 Å². The molecular formula is C17H13FN6O2. The lowest BCUT2D eigenvalue weighted by Crippen LogP contribution is -2.26. The number of fused-ring (bicyclic) bond motifs is 1. The van der Waals surface area contributed by atoms with Gasteiger partial charge >= 0.3 is 0 Å². The number of amides is 1. The molecule has 0 fully saturated rings. The Hall–Kier alpha value is -3.62. The highest BCUT2D eigenvalue weighted by Gasteiger charge is 2.18. The lowest BCUT2D eigenvalue weighted by Gasteiger charge is -2.09. The van der Waals surface area contributed by atoms with Crippen LogP contribution in [0.4, 0.5) is 4.39 Å². The molecule has 1 amide bonds. The van der Waals surface area contributed by atoms with Gasteiger partial charge in [0.05, 0.1) is 0 Å². The van der Waals surface area contributed by atoms with Gasteiger partial charge in [0.1, 0.15) is 22.9 Å². The summed E-state index contributed by atoms with van der Waals surface area (Å²) in [5.41, 5.74) is 2.34. The van der Waals surface area contributed by atoms with Crippen LogP contribution in [0.15, 0.2) is 47.0 Å². The Morgan fingerprint density at radius 2 is 1.92 bits per heavy atom. The molecule has 8 nitrogen and oxygen atoms in total. The number of hydrogen-bond acceptors (Lipinski definition) is 6. The van der Waals surface area contributed by atoms with Crippen LogP contribution in [0.3, 0.4) is 0 Å². The van der Waals surface area contributed by atoms with E-state index in [1.54, 1.807) is 37.3 Å². The topological polar surface area (TPSA) is 110 Å². The van der Waals surface area contributed by atoms with Gasteiger partial charge in [-0.25, -0.2) is 4.39 Å². The Labute approximate surface area is 146 Å². The van der Waals surface area contributed by atoms with Gasteiger partial charge in [-0.3, -0.25) is 4.79 Å². The molecule has 0 aliphatic heterocycles. The van der Waals surface area contributed by atoms with Crippen LogP contribution in [0, 0.1) is 5.82 Å². The fourth-order valence-electron chi connectivity index (χ4n) is 2.45. The molecule has 2 N–H and O–H groups in total. The first-order chi connectivity index (χ1) is 12.6. The number of H-pyrrole nitrogens is 1. The lowest BCUT2D eigenvalue weighted by molar-refractivity contribution is 0.0932. The first-order valence-electron chi connectivity index (χ1n) is 7.81. The third-order valence-electron chi connectivity index (χ3n) is 3.84. The summed E-state index contributed by atoms with van der Waals surface area (Å²) >= 11 is 0. The average molecular weight is 352 g/mol. The van der Waals surface area contributed by atoms with Crippen molar-refractivity contribution in [3.05, 3.63) is 59.7 Å². The number of nitrogens with zero attached hydrogens (tertiary/aromatic N) is 4. The number of halogens is 1. The molecule has 9 heteroatoms. The Morgan fingerprint density at radius 3 is 2.73 bits per heavy atom. The van der Waals surface area contributed by atoms with E-state index in [-0.39, 0.29) is 17.6 Å². The van der Waals surface area contributed by atoms with Crippen LogP contribution in [0.25, 0.3) is 22.4 Å². The highest BCUT2D eigenvalue weighted by molar-refractivity contribution is 5.97. The molecule has 4 rings (SSSR count). The number of carbonyl (C=O) groups excluding carboxylic acids is 1. The van der Waals surface area contributed by atoms with Gasteiger partial charge in [-0.1, -0.05) is 5.16 Å². The molecule has 0 bridgehead atoms. The SMILES string of the molecule is C[C@H](NC(=O)c1ccc2n[nH]nc2c1)c1nc(-c2ccc(F)cc2)no1. The van der Waals surface area contributed by atoms with E-state index in [2.05, 4.69) is 30.9 Å². The van der Waals surface area contributed by atoms with Gasteiger partial charge in [0.25, 0.3) is 5.91 Å². The van der Waals surface area contributed by atoms with Crippen LogP contribution >= 0.6 is 0 Å². The molecule has 0 saturated carbocycles. The lowest BCUT2D eigenvalue weighted by atomic mass is 10.1. The summed E-state index contributed by atoms with van der Waals surface area (Å²) < 4.78 is 18.2. The molecule has 26 heavy (non-hydrogen) atoms. The van der Waals surface area contributed by atoms with Crippen molar-refractivity contribution in [2.45, 2.75) is 13.0 Å². The first kappa shape index (κ1) is 15.9. The van der Waals surface area contributed by atoms with Gasteiger partial charge in [0.2, 0.25) is 11.7 Å². The second-order valence-corrected chi connectivity index (χ2v) is 5.69. The van der Waals surface area contributed by atoms with E-state index >= 15 is 0 Å². The van der Waals surface area contributed by atoms with Gasteiger partial charge in [0.15, 0.2) is 0 Å². The summed E-state index contributed by atoms with van der Waals surface area (Å²) in [4.78, 5) is 16.7. The fraction of sp³-hybridized carbons (Fsp3) is 0.118. The highest BCUT2D eigenvalue weighted by atomic mass is 19.1. The third-order valence-corrected chi connectivity index (χ3v) is 3.84. The molecule has 0 saturated heterocycles. The highest BCUT2D eigenvalue weighted by Crippen LogP contribution is 2.19. The van der Waals surface area contributed by atoms with Gasteiger partial charge in [0, 0.05) is 11.1 Å². The predicted octanol–water partition coefficient (Wildman–Crippen LogP) is 2.64. The zero-order valence-corrected chi connectivity index (χ0v) is 13.6. The maximum Gasteiger partial charge on any atom is 0.251 e. The molecule has 0 aliphatic carbocycles. The predicted molar refractivity (Wildman–Crippen MR) is 89.5 cm³/mol. The average Bonchev–Trinajstić information content (AvgIpc) is 3.31. The second-order valence-electron chi connectivity index (χ2n) is 5.69. The van der Waals surface area contributed by atoms with Crippen molar-refractivity contribution in [2.24, 2.45) is 0 Å². The number of benzene rings is 2. The van der Waals surface area contributed by atoms with Crippen molar-refractivity contribution in [2.75, 3.05) is 0 Å². The number of nitrogens with one attached hydrogen (secondary N) is 2. The molecule has 0 radical (unpaired) electrons. The van der Waals surface area contributed by atoms with Gasteiger partial charge < -0.3 is 9.84 Å². The van der Waals surface area contributed by atoms with E-state index in [0.29, 0.717) is 28.0 Å². The summed E-state index contributed by atoms with van der Waals surface area (Å²) in [6.07, 6.45) is 0. The number of aromatic nitrogens is 5. The van der Waals surface area contributed by atoms with Crippen LogP contribution in [-0.2, 0) is 0 Å². The van der Waals surface area contributed by atoms with Crippen molar-refractivity contribution in [1.29, 1.82) is 0 Å². The third kappa shape index (κ3) is 3.02. The molecule has 2 aromatic carbocycles. The summed E-state index contributed by atoms with van der Waals surface area (Å²) in [6.45, 7) is 1.73. The van der Waals surface area contributed by atoms with E-state index in [1.165, 1.54) is 12.1 Å². The van der Waals surface area contributed by atoms with Crippen molar-refractivity contribution < 1.29 is 13.7 Å². The zero-order chi connectivity index (χ0) is 18.1. The maximum absolute atomic E-state index is 13.0. The summed E-state index contributed by atoms with van der Waals surface area (Å²) in [6, 6.07) is 10.2. The fourth-order valence-corrected chi connectivity index (χ4v) is 2.45. The molecule has 0 spiro atoms. The number of hydrogen-bond donors (Lipinski definition) is 2. The summed E-state index contributed by atoms with van der Waals surface area (Å²) in [7, 11) is 0. The number of rotatable bonds is 4. The quantitative estimate of drug-likeness (QED) is 0.584. The van der Waals surface area contributed by atoms with E-state index in [9.17, 15) is 9.18 Å². The number of carbonyl (C=O) groups is 1. The molecule has 0 unspecified atom stereocenters. The Balaban J connectivity index is 1.49. The second kappa shape index (κ2) is 6.36. The smallest absolute Gasteiger partial charge is 0.251 e. The summed E-state index contributed by atoms with van der Waals surface area (Å²) in [5, 5.41) is 17.1. The largest absolute Gasteiger partial charge is 0.341 e. The van der Waals surface area contributed by atoms with Gasteiger partial charge in [-0.05, 0) is 49.4 Å². The van der Waals surface area contributed by atoms with E-state index < -0.39 is 6.04 Å². The van der Waals surface area contributed by atoms with Crippen LogP contribution in [0.1, 0.15) is 29.2 Å². The minimum absolute atomic E-state index is 0.250. The molecule has 130 valence electrons. The maximum atomic E-state index is 13.0. The van der Waals surface area contributed by atoms with Crippen LogP contribution in [-0.4, -0.2) is 31.5 Å². The Bertz CT molecular complexity index is 1070. The van der Waals surface area contributed by atoms with Gasteiger partial charge in [-0.2, -0.15) is 20.4 Å². The van der Waals surface area contributed by atoms with Crippen molar-refractivity contribution in [1.82, 2.24) is 30.9 Å². The standard InChI is InChI=1S/C17H13FN6O2/c1-9(17-20-15(23-26-17)10-2-5-12(18)6-3-10)19-16(25)11-4-7-13-14(8-11)22-24-21-13/h2-9H,1H3,(H,19,25)(H,21,22,24)/t9-/m0/s1. The van der Waals surface area contributed by atoms with E-state index in [1.807, 2.05) is 0 Å². The van der Waals surface area contributed by atoms with Crippen LogP contribution in [0.5, 0.6) is 0 Å². The zero-order valence-electron chi connectivity index (χ0n) is 13.6. The first-order valence-corrected chi connectivity index (χ1v) is 7.81. The Morgan fingerprint density at radius 1 is 1.15 bits per heavy atom. The van der Waals surface area contributed by atoms with E-state index in [0.717, 1.165) is 0 Å². The molecule has 2 aromatic heterocycles. The van der Waals surface area contributed by atoms with Crippen LogP contribution < -0.4 is 5.32 Å². The molecular weight excluding hydrogens is 339 g/mol. The summed E-state index contributed by atoms with van der Waals surface area (Å²) in [5.74, 6) is -0.0728. The van der Waals surface area contributed by atoms with Crippen molar-refractivity contribution >= 4 is 16.9 Å². The number of aromatic amines is 1.